The van der Waals surface area contributed by atoms with Gasteiger partial charge in [0, 0.05) is 18.4 Å². The van der Waals surface area contributed by atoms with Crippen molar-refractivity contribution in [1.29, 1.82) is 0 Å². The smallest absolute Gasteiger partial charge is 0.399 e. The second-order valence-corrected chi connectivity index (χ2v) is 9.58. The van der Waals surface area contributed by atoms with Gasteiger partial charge in [0.25, 0.3) is 0 Å². The molecule has 0 amide bonds. The van der Waals surface area contributed by atoms with E-state index in [-0.39, 0.29) is 18.3 Å². The first kappa shape index (κ1) is 24.0. The minimum atomic E-state index is -0.335. The summed E-state index contributed by atoms with van der Waals surface area (Å²) < 4.78 is 18.1. The Balaban J connectivity index is 1.47. The van der Waals surface area contributed by atoms with Crippen LogP contribution in [0.3, 0.4) is 0 Å². The van der Waals surface area contributed by atoms with E-state index in [1.165, 1.54) is 32.1 Å². The molecule has 2 heterocycles. The number of ether oxygens (including phenoxy) is 1. The molecule has 0 atom stereocenters. The van der Waals surface area contributed by atoms with Crippen LogP contribution >= 0.6 is 0 Å². The Labute approximate surface area is 188 Å². The largest absolute Gasteiger partial charge is 0.494 e. The number of pyridine rings is 1. The van der Waals surface area contributed by atoms with Gasteiger partial charge >= 0.3 is 7.12 Å². The summed E-state index contributed by atoms with van der Waals surface area (Å²) in [6.07, 6.45) is 9.63. The molecule has 0 unspecified atom stereocenters. The lowest BCUT2D eigenvalue weighted by atomic mass is 9.79. The molecule has 0 bridgehead atoms. The Morgan fingerprint density at radius 3 is 2.10 bits per heavy atom. The van der Waals surface area contributed by atoms with Gasteiger partial charge in [-0.2, -0.15) is 0 Å². The van der Waals surface area contributed by atoms with Crippen LogP contribution in [0.2, 0.25) is 0 Å². The molecule has 1 saturated heterocycles. The van der Waals surface area contributed by atoms with Gasteiger partial charge in [0.05, 0.1) is 23.5 Å². The van der Waals surface area contributed by atoms with Crippen LogP contribution in [-0.2, 0) is 20.7 Å². The van der Waals surface area contributed by atoms with E-state index in [1.54, 1.807) is 0 Å². The van der Waals surface area contributed by atoms with Crippen LogP contribution in [0.5, 0.6) is 0 Å². The topological polar surface area (TPSA) is 40.6 Å². The Bertz CT molecular complexity index is 786. The normalized spacial score (nSPS) is 17.3. The molecule has 1 aliphatic heterocycles. The Morgan fingerprint density at radius 1 is 0.839 bits per heavy atom. The number of aromatic nitrogens is 1. The van der Waals surface area contributed by atoms with Gasteiger partial charge in [-0.05, 0) is 51.2 Å². The lowest BCUT2D eigenvalue weighted by Gasteiger charge is -2.32. The van der Waals surface area contributed by atoms with Crippen molar-refractivity contribution in [2.24, 2.45) is 0 Å². The summed E-state index contributed by atoms with van der Waals surface area (Å²) in [6, 6.07) is 12.5. The molecule has 0 radical (unpaired) electrons. The van der Waals surface area contributed by atoms with Gasteiger partial charge in [-0.1, -0.05) is 69.4 Å². The molecule has 4 nitrogen and oxygen atoms in total. The predicted molar refractivity (Wildman–Crippen MR) is 128 cm³/mol. The molecule has 1 aromatic heterocycles. The number of nitrogens with zero attached hydrogens (tertiary/aromatic N) is 1. The van der Waals surface area contributed by atoms with Crippen LogP contribution < -0.4 is 5.46 Å². The van der Waals surface area contributed by atoms with Crippen LogP contribution in [0.15, 0.2) is 42.6 Å². The summed E-state index contributed by atoms with van der Waals surface area (Å²) >= 11 is 0. The maximum atomic E-state index is 6.14. The van der Waals surface area contributed by atoms with E-state index in [9.17, 15) is 0 Å². The fraction of sp³-hybridized carbons (Fsp3) is 0.577. The zero-order valence-corrected chi connectivity index (χ0v) is 19.9. The zero-order chi connectivity index (χ0) is 22.3. The van der Waals surface area contributed by atoms with Crippen LogP contribution in [0.4, 0.5) is 0 Å². The summed E-state index contributed by atoms with van der Waals surface area (Å²) in [5, 5.41) is 0. The molecule has 0 saturated carbocycles. The molecule has 0 aliphatic carbocycles. The van der Waals surface area contributed by atoms with E-state index in [2.05, 4.69) is 76.0 Å². The van der Waals surface area contributed by atoms with Crippen molar-refractivity contribution >= 4 is 12.6 Å². The zero-order valence-electron chi connectivity index (χ0n) is 19.9. The number of hydrogen-bond donors (Lipinski definition) is 0. The van der Waals surface area contributed by atoms with E-state index >= 15 is 0 Å². The van der Waals surface area contributed by atoms with Crippen molar-refractivity contribution in [3.8, 4) is 11.3 Å². The molecule has 5 heteroatoms. The van der Waals surface area contributed by atoms with Gasteiger partial charge < -0.3 is 14.0 Å². The SMILES string of the molecule is CCCCCCCCOCc1ccc(-c2ccc(B3OC(C)(C)C(C)(C)O3)cc2)nc1. The molecule has 2 aromatic rings. The molecule has 168 valence electrons. The average molecular weight is 423 g/mol. The van der Waals surface area contributed by atoms with E-state index in [1.807, 2.05) is 6.20 Å². The quantitative estimate of drug-likeness (QED) is 0.332. The third kappa shape index (κ3) is 6.41. The van der Waals surface area contributed by atoms with E-state index in [4.69, 9.17) is 14.0 Å². The second kappa shape index (κ2) is 10.8. The standard InChI is InChI=1S/C26H38BNO3/c1-6-7-8-9-10-11-18-29-20-21-12-17-24(28-19-21)22-13-15-23(16-14-22)27-30-25(2,3)26(4,5)31-27/h12-17,19H,6-11,18,20H2,1-5H3. The Kier molecular flexibility index (Phi) is 8.32. The van der Waals surface area contributed by atoms with Crippen molar-refractivity contribution in [2.75, 3.05) is 6.61 Å². The first-order valence-electron chi connectivity index (χ1n) is 11.8. The van der Waals surface area contributed by atoms with Gasteiger partial charge in [0.1, 0.15) is 0 Å². The van der Waals surface area contributed by atoms with Gasteiger partial charge in [0.15, 0.2) is 0 Å². The molecule has 1 aliphatic rings. The van der Waals surface area contributed by atoms with Crippen LogP contribution in [-0.4, -0.2) is 29.9 Å². The molecular formula is C26H38BNO3. The fourth-order valence-corrected chi connectivity index (χ4v) is 3.65. The summed E-state index contributed by atoms with van der Waals surface area (Å²) in [5.74, 6) is 0. The molecule has 3 rings (SSSR count). The van der Waals surface area contributed by atoms with Gasteiger partial charge in [0.2, 0.25) is 0 Å². The predicted octanol–water partition coefficient (Wildman–Crippen LogP) is 5.92. The van der Waals surface area contributed by atoms with Crippen molar-refractivity contribution in [3.63, 3.8) is 0 Å². The summed E-state index contributed by atoms with van der Waals surface area (Å²) in [4.78, 5) is 4.63. The van der Waals surface area contributed by atoms with Crippen LogP contribution in [0, 0.1) is 0 Å². The Hall–Kier alpha value is -1.69. The highest BCUT2D eigenvalue weighted by atomic mass is 16.7. The average Bonchev–Trinajstić information content (AvgIpc) is 2.97. The fourth-order valence-electron chi connectivity index (χ4n) is 3.65. The molecule has 1 aromatic carbocycles. The van der Waals surface area contributed by atoms with Gasteiger partial charge in [-0.25, -0.2) is 0 Å². The number of benzene rings is 1. The summed E-state index contributed by atoms with van der Waals surface area (Å²) in [7, 11) is -0.335. The van der Waals surface area contributed by atoms with Crippen LogP contribution in [0.25, 0.3) is 11.3 Å². The van der Waals surface area contributed by atoms with Gasteiger partial charge in [-0.15, -0.1) is 0 Å². The van der Waals surface area contributed by atoms with Crippen molar-refractivity contribution in [3.05, 3.63) is 48.2 Å². The van der Waals surface area contributed by atoms with Gasteiger partial charge in [-0.3, -0.25) is 4.98 Å². The summed E-state index contributed by atoms with van der Waals surface area (Å²) in [6.45, 7) is 12.0. The molecular weight excluding hydrogens is 385 g/mol. The molecule has 0 spiro atoms. The lowest BCUT2D eigenvalue weighted by molar-refractivity contribution is 0.00578. The Morgan fingerprint density at radius 2 is 1.48 bits per heavy atom. The van der Waals surface area contributed by atoms with E-state index in [0.717, 1.165) is 35.3 Å². The number of rotatable bonds is 11. The van der Waals surface area contributed by atoms with Crippen molar-refractivity contribution in [1.82, 2.24) is 4.98 Å². The summed E-state index contributed by atoms with van der Waals surface area (Å²) in [5.41, 5.74) is 3.53. The highest BCUT2D eigenvalue weighted by Gasteiger charge is 2.51. The number of hydrogen-bond acceptors (Lipinski definition) is 4. The van der Waals surface area contributed by atoms with E-state index in [0.29, 0.717) is 6.61 Å². The van der Waals surface area contributed by atoms with E-state index < -0.39 is 0 Å². The van der Waals surface area contributed by atoms with Crippen molar-refractivity contribution < 1.29 is 14.0 Å². The highest BCUT2D eigenvalue weighted by molar-refractivity contribution is 6.62. The molecule has 0 N–H and O–H groups in total. The maximum Gasteiger partial charge on any atom is 0.494 e. The third-order valence-corrected chi connectivity index (χ3v) is 6.47. The first-order valence-corrected chi connectivity index (χ1v) is 11.8. The lowest BCUT2D eigenvalue weighted by Crippen LogP contribution is -2.41. The molecule has 1 fully saturated rings. The minimum absolute atomic E-state index is 0.329. The number of unbranched alkanes of at least 4 members (excludes halogenated alkanes) is 5. The third-order valence-electron chi connectivity index (χ3n) is 6.47. The first-order chi connectivity index (χ1) is 14.8. The highest BCUT2D eigenvalue weighted by Crippen LogP contribution is 2.36. The molecule has 31 heavy (non-hydrogen) atoms. The monoisotopic (exact) mass is 423 g/mol. The maximum absolute atomic E-state index is 6.14. The van der Waals surface area contributed by atoms with Crippen molar-refractivity contribution in [2.45, 2.75) is 91.0 Å². The van der Waals surface area contributed by atoms with Crippen LogP contribution in [0.1, 0.15) is 78.7 Å². The second-order valence-electron chi connectivity index (χ2n) is 9.58. The minimum Gasteiger partial charge on any atom is -0.399 e.